The lowest BCUT2D eigenvalue weighted by Gasteiger charge is -2.38. The molecule has 0 bridgehead atoms. The SMILES string of the molecule is CCCSc1nnc(N2C(N)=C(C#N)C(c3ccccc3Cl)C3=C2CCCC3=O)s1. The lowest BCUT2D eigenvalue weighted by atomic mass is 9.76. The Morgan fingerprint density at radius 1 is 1.37 bits per heavy atom. The number of carbonyl (C=O) groups excluding carboxylic acids is 1. The van der Waals surface area contributed by atoms with Crippen LogP contribution >= 0.6 is 34.7 Å². The van der Waals surface area contributed by atoms with E-state index >= 15 is 0 Å². The summed E-state index contributed by atoms with van der Waals surface area (Å²) in [6.45, 7) is 2.11. The van der Waals surface area contributed by atoms with Crippen LogP contribution in [0.3, 0.4) is 0 Å². The van der Waals surface area contributed by atoms with E-state index in [9.17, 15) is 10.1 Å². The van der Waals surface area contributed by atoms with Gasteiger partial charge >= 0.3 is 0 Å². The fourth-order valence-electron chi connectivity index (χ4n) is 3.87. The average molecular weight is 458 g/mol. The van der Waals surface area contributed by atoms with Gasteiger partial charge in [0.05, 0.1) is 17.6 Å². The minimum Gasteiger partial charge on any atom is -0.384 e. The number of nitrogens with zero attached hydrogens (tertiary/aromatic N) is 4. The molecule has 1 aliphatic carbocycles. The molecular weight excluding hydrogens is 438 g/mol. The van der Waals surface area contributed by atoms with E-state index in [4.69, 9.17) is 17.3 Å². The van der Waals surface area contributed by atoms with Gasteiger partial charge in [-0.05, 0) is 30.9 Å². The molecule has 0 saturated carbocycles. The molecule has 1 aromatic carbocycles. The minimum atomic E-state index is -0.565. The van der Waals surface area contributed by atoms with Gasteiger partial charge in [-0.3, -0.25) is 9.69 Å². The largest absolute Gasteiger partial charge is 0.384 e. The van der Waals surface area contributed by atoms with Crippen molar-refractivity contribution in [3.05, 3.63) is 57.5 Å². The molecule has 0 radical (unpaired) electrons. The summed E-state index contributed by atoms with van der Waals surface area (Å²) in [5, 5.41) is 19.7. The predicted octanol–water partition coefficient (Wildman–Crippen LogP) is 5.00. The number of carbonyl (C=O) groups is 1. The zero-order valence-electron chi connectivity index (χ0n) is 16.4. The van der Waals surface area contributed by atoms with Crippen LogP contribution in [0.25, 0.3) is 0 Å². The maximum atomic E-state index is 13.1. The van der Waals surface area contributed by atoms with Gasteiger partial charge in [-0.2, -0.15) is 5.26 Å². The van der Waals surface area contributed by atoms with E-state index in [0.29, 0.717) is 40.0 Å². The minimum absolute atomic E-state index is 0.0246. The highest BCUT2D eigenvalue weighted by molar-refractivity contribution is 8.01. The molecule has 0 spiro atoms. The van der Waals surface area contributed by atoms with Crippen LogP contribution in [0.15, 0.2) is 51.3 Å². The molecule has 0 amide bonds. The van der Waals surface area contributed by atoms with Crippen LogP contribution < -0.4 is 10.6 Å². The van der Waals surface area contributed by atoms with E-state index in [0.717, 1.165) is 34.2 Å². The summed E-state index contributed by atoms with van der Waals surface area (Å²) in [6, 6.07) is 9.55. The van der Waals surface area contributed by atoms with Gasteiger partial charge in [0.25, 0.3) is 0 Å². The molecule has 9 heteroatoms. The van der Waals surface area contributed by atoms with E-state index in [1.165, 1.54) is 11.3 Å². The maximum absolute atomic E-state index is 13.1. The number of hydrogen-bond donors (Lipinski definition) is 1. The zero-order valence-corrected chi connectivity index (χ0v) is 18.8. The Morgan fingerprint density at radius 2 is 2.17 bits per heavy atom. The first-order valence-corrected chi connectivity index (χ1v) is 11.9. The van der Waals surface area contributed by atoms with Crippen LogP contribution in [0.4, 0.5) is 5.13 Å². The lowest BCUT2D eigenvalue weighted by molar-refractivity contribution is -0.116. The first-order valence-electron chi connectivity index (χ1n) is 9.73. The topological polar surface area (TPSA) is 95.9 Å². The Labute approximate surface area is 188 Å². The third-order valence-electron chi connectivity index (χ3n) is 5.15. The monoisotopic (exact) mass is 457 g/mol. The normalized spacial score (nSPS) is 19.2. The van der Waals surface area contributed by atoms with E-state index in [1.54, 1.807) is 22.7 Å². The van der Waals surface area contributed by atoms with Crippen molar-refractivity contribution in [2.24, 2.45) is 5.73 Å². The first-order chi connectivity index (χ1) is 14.6. The number of nitriles is 1. The number of allylic oxidation sites excluding steroid dienone is 3. The van der Waals surface area contributed by atoms with Crippen molar-refractivity contribution in [1.82, 2.24) is 10.2 Å². The Bertz CT molecular complexity index is 1100. The lowest BCUT2D eigenvalue weighted by Crippen LogP contribution is -2.38. The third kappa shape index (κ3) is 3.62. The van der Waals surface area contributed by atoms with E-state index in [-0.39, 0.29) is 5.78 Å². The molecule has 1 aromatic heterocycles. The molecule has 1 atom stereocenters. The van der Waals surface area contributed by atoms with Crippen molar-refractivity contribution in [1.29, 1.82) is 5.26 Å². The zero-order chi connectivity index (χ0) is 21.3. The number of aromatic nitrogens is 2. The Hall–Kier alpha value is -2.34. The highest BCUT2D eigenvalue weighted by Gasteiger charge is 2.41. The molecule has 0 saturated heterocycles. The van der Waals surface area contributed by atoms with Gasteiger partial charge in [0.15, 0.2) is 10.1 Å². The second-order valence-corrected chi connectivity index (χ2v) is 9.74. The van der Waals surface area contributed by atoms with Crippen molar-refractivity contribution in [2.45, 2.75) is 42.9 Å². The Morgan fingerprint density at radius 3 is 2.90 bits per heavy atom. The molecular formula is C21H20ClN5OS2. The number of anilines is 1. The third-order valence-corrected chi connectivity index (χ3v) is 7.74. The fourth-order valence-corrected chi connectivity index (χ4v) is 5.92. The van der Waals surface area contributed by atoms with Gasteiger partial charge in [0, 0.05) is 28.5 Å². The number of hydrogen-bond acceptors (Lipinski definition) is 8. The van der Waals surface area contributed by atoms with Crippen molar-refractivity contribution >= 4 is 45.6 Å². The number of rotatable bonds is 5. The second kappa shape index (κ2) is 8.80. The van der Waals surface area contributed by atoms with Gasteiger partial charge in [-0.1, -0.05) is 59.8 Å². The molecule has 2 aliphatic rings. The van der Waals surface area contributed by atoms with Crippen LogP contribution in [-0.4, -0.2) is 21.7 Å². The molecule has 2 heterocycles. The Balaban J connectivity index is 1.88. The standard InChI is InChI=1S/C21H20ClN5OS2/c1-2-10-29-21-26-25-20(30-21)27-15-8-5-9-16(28)18(15)17(13(11-23)19(27)24)12-6-3-4-7-14(12)22/h3-4,6-7,17H,2,5,8-10,24H2,1H3. The number of Topliss-reactive ketones (excluding diaryl/α,β-unsaturated/α-hetero) is 1. The van der Waals surface area contributed by atoms with Crippen LogP contribution in [0.1, 0.15) is 44.1 Å². The number of nitrogens with two attached hydrogens (primary N) is 1. The van der Waals surface area contributed by atoms with Crippen LogP contribution in [0.2, 0.25) is 5.02 Å². The van der Waals surface area contributed by atoms with Crippen molar-refractivity contribution in [3.63, 3.8) is 0 Å². The van der Waals surface area contributed by atoms with Gasteiger partial charge in [-0.15, -0.1) is 10.2 Å². The summed E-state index contributed by atoms with van der Waals surface area (Å²) in [6.07, 6.45) is 2.89. The molecule has 1 unspecified atom stereocenters. The molecule has 154 valence electrons. The van der Waals surface area contributed by atoms with Crippen molar-refractivity contribution in [3.8, 4) is 6.07 Å². The van der Waals surface area contributed by atoms with Gasteiger partial charge in [0.1, 0.15) is 5.82 Å². The van der Waals surface area contributed by atoms with Crippen LogP contribution in [0.5, 0.6) is 0 Å². The Kier molecular flexibility index (Phi) is 6.14. The van der Waals surface area contributed by atoms with Gasteiger partial charge < -0.3 is 5.73 Å². The smallest absolute Gasteiger partial charge is 0.219 e. The fraction of sp³-hybridized carbons (Fsp3) is 0.333. The summed E-state index contributed by atoms with van der Waals surface area (Å²) >= 11 is 9.53. The summed E-state index contributed by atoms with van der Waals surface area (Å²) in [5.41, 5.74) is 8.96. The predicted molar refractivity (Wildman–Crippen MR) is 120 cm³/mol. The average Bonchev–Trinajstić information content (AvgIpc) is 3.20. The molecule has 2 N–H and O–H groups in total. The molecule has 30 heavy (non-hydrogen) atoms. The highest BCUT2D eigenvalue weighted by Crippen LogP contribution is 2.48. The second-order valence-electron chi connectivity index (χ2n) is 7.04. The van der Waals surface area contributed by atoms with E-state index in [2.05, 4.69) is 23.2 Å². The summed E-state index contributed by atoms with van der Waals surface area (Å²) in [7, 11) is 0. The van der Waals surface area contributed by atoms with Crippen molar-refractivity contribution in [2.75, 3.05) is 10.7 Å². The summed E-state index contributed by atoms with van der Waals surface area (Å²) in [5.74, 6) is 0.699. The van der Waals surface area contributed by atoms with E-state index in [1.807, 2.05) is 18.2 Å². The first kappa shape index (κ1) is 20.9. The van der Waals surface area contributed by atoms with Crippen LogP contribution in [-0.2, 0) is 4.79 Å². The molecule has 0 fully saturated rings. The maximum Gasteiger partial charge on any atom is 0.219 e. The number of halogens is 1. The summed E-state index contributed by atoms with van der Waals surface area (Å²) < 4.78 is 0.843. The molecule has 2 aromatic rings. The molecule has 4 rings (SSSR count). The van der Waals surface area contributed by atoms with E-state index < -0.39 is 5.92 Å². The molecule has 6 nitrogen and oxygen atoms in total. The molecule has 1 aliphatic heterocycles. The number of benzene rings is 1. The number of ketones is 1. The van der Waals surface area contributed by atoms with Gasteiger partial charge in [-0.25, -0.2) is 0 Å². The van der Waals surface area contributed by atoms with Crippen LogP contribution in [0, 0.1) is 11.3 Å². The summed E-state index contributed by atoms with van der Waals surface area (Å²) in [4.78, 5) is 14.8. The quantitative estimate of drug-likeness (QED) is 0.631. The number of thioether (sulfide) groups is 1. The highest BCUT2D eigenvalue weighted by atomic mass is 35.5. The van der Waals surface area contributed by atoms with Gasteiger partial charge in [0.2, 0.25) is 5.13 Å². The van der Waals surface area contributed by atoms with Crippen molar-refractivity contribution < 1.29 is 4.79 Å².